The van der Waals surface area contributed by atoms with Gasteiger partial charge in [-0.05, 0) is 56.3 Å². The SMILES string of the molecule is CNC1CCN(c2c(F)cn3c(=O)c(C(=O)O)cc(C4CC4)c3c2C)C1.Cl. The summed E-state index contributed by atoms with van der Waals surface area (Å²) < 4.78 is 16.1. The molecule has 0 radical (unpaired) electrons. The van der Waals surface area contributed by atoms with E-state index >= 15 is 0 Å². The summed E-state index contributed by atoms with van der Waals surface area (Å²) in [7, 11) is 1.90. The summed E-state index contributed by atoms with van der Waals surface area (Å²) in [6.45, 7) is 3.28. The first-order chi connectivity index (χ1) is 12.4. The van der Waals surface area contributed by atoms with Crippen molar-refractivity contribution in [2.45, 2.75) is 38.1 Å². The van der Waals surface area contributed by atoms with Crippen LogP contribution in [0.3, 0.4) is 0 Å². The topological polar surface area (TPSA) is 74.0 Å². The molecule has 146 valence electrons. The number of carboxylic acid groups (broad SMARTS) is 1. The van der Waals surface area contributed by atoms with E-state index in [2.05, 4.69) is 5.32 Å². The Morgan fingerprint density at radius 3 is 2.59 bits per heavy atom. The van der Waals surface area contributed by atoms with Gasteiger partial charge in [0, 0.05) is 19.1 Å². The molecule has 1 aliphatic carbocycles. The van der Waals surface area contributed by atoms with Crippen molar-refractivity contribution in [1.29, 1.82) is 0 Å². The highest BCUT2D eigenvalue weighted by Crippen LogP contribution is 2.44. The second-order valence-electron chi connectivity index (χ2n) is 7.29. The van der Waals surface area contributed by atoms with E-state index in [0.29, 0.717) is 29.4 Å². The van der Waals surface area contributed by atoms with E-state index in [9.17, 15) is 19.1 Å². The Morgan fingerprint density at radius 1 is 1.33 bits per heavy atom. The predicted molar refractivity (Wildman–Crippen MR) is 104 cm³/mol. The number of fused-ring (bicyclic) bond motifs is 1. The Bertz CT molecular complexity index is 971. The molecule has 2 aromatic rings. The summed E-state index contributed by atoms with van der Waals surface area (Å²) in [6.07, 6.45) is 4.01. The van der Waals surface area contributed by atoms with Crippen molar-refractivity contribution in [2.75, 3.05) is 25.0 Å². The number of rotatable bonds is 4. The summed E-state index contributed by atoms with van der Waals surface area (Å²) in [5.74, 6) is -1.52. The van der Waals surface area contributed by atoms with Crippen molar-refractivity contribution in [3.05, 3.63) is 45.1 Å². The average Bonchev–Trinajstić information content (AvgIpc) is 3.33. The molecule has 2 N–H and O–H groups in total. The monoisotopic (exact) mass is 395 g/mol. The zero-order valence-corrected chi connectivity index (χ0v) is 16.1. The molecule has 2 fully saturated rings. The van der Waals surface area contributed by atoms with Crippen LogP contribution >= 0.6 is 12.4 Å². The van der Waals surface area contributed by atoms with Gasteiger partial charge in [-0.15, -0.1) is 12.4 Å². The van der Waals surface area contributed by atoms with Crippen molar-refractivity contribution in [1.82, 2.24) is 9.72 Å². The molecular weight excluding hydrogens is 373 g/mol. The molecule has 0 spiro atoms. The van der Waals surface area contributed by atoms with Crippen LogP contribution in [0, 0.1) is 12.7 Å². The second-order valence-corrected chi connectivity index (χ2v) is 7.29. The van der Waals surface area contributed by atoms with E-state index in [-0.39, 0.29) is 23.9 Å². The lowest BCUT2D eigenvalue weighted by Gasteiger charge is -2.24. The molecule has 4 rings (SSSR count). The fourth-order valence-corrected chi connectivity index (χ4v) is 4.09. The van der Waals surface area contributed by atoms with Gasteiger partial charge < -0.3 is 15.3 Å². The fraction of sp³-hybridized carbons (Fsp3) is 0.474. The highest BCUT2D eigenvalue weighted by Gasteiger charge is 2.32. The Kier molecular flexibility index (Phi) is 5.18. The molecule has 1 aliphatic heterocycles. The van der Waals surface area contributed by atoms with Gasteiger partial charge in [-0.2, -0.15) is 0 Å². The van der Waals surface area contributed by atoms with Gasteiger partial charge in [0.25, 0.3) is 5.56 Å². The molecule has 0 amide bonds. The van der Waals surface area contributed by atoms with E-state index in [4.69, 9.17) is 0 Å². The normalized spacial score (nSPS) is 19.4. The fourth-order valence-electron chi connectivity index (χ4n) is 4.09. The second kappa shape index (κ2) is 7.13. The quantitative estimate of drug-likeness (QED) is 0.832. The molecule has 0 bridgehead atoms. The van der Waals surface area contributed by atoms with Crippen LogP contribution < -0.4 is 15.8 Å². The van der Waals surface area contributed by atoms with E-state index < -0.39 is 17.3 Å². The third-order valence-electron chi connectivity index (χ3n) is 5.60. The summed E-state index contributed by atoms with van der Waals surface area (Å²) in [5, 5.41) is 12.6. The van der Waals surface area contributed by atoms with Crippen LogP contribution in [0.4, 0.5) is 10.1 Å². The number of nitrogens with zero attached hydrogens (tertiary/aromatic N) is 2. The number of aryl methyl sites for hydroxylation is 1. The lowest BCUT2D eigenvalue weighted by atomic mass is 10.0. The van der Waals surface area contributed by atoms with Crippen molar-refractivity contribution < 1.29 is 14.3 Å². The van der Waals surface area contributed by atoms with E-state index in [1.54, 1.807) is 0 Å². The number of likely N-dealkylation sites (N-methyl/N-ethyl adjacent to an activating group) is 1. The van der Waals surface area contributed by atoms with Crippen LogP contribution in [0.1, 0.15) is 46.7 Å². The van der Waals surface area contributed by atoms with Gasteiger partial charge >= 0.3 is 5.97 Å². The van der Waals surface area contributed by atoms with E-state index in [1.807, 2.05) is 18.9 Å². The summed E-state index contributed by atoms with van der Waals surface area (Å²) in [4.78, 5) is 26.1. The van der Waals surface area contributed by atoms with Crippen LogP contribution in [0.25, 0.3) is 5.52 Å². The molecule has 1 unspecified atom stereocenters. The molecule has 1 saturated heterocycles. The summed E-state index contributed by atoms with van der Waals surface area (Å²) in [5.41, 5.74) is 1.74. The Balaban J connectivity index is 0.00000210. The zero-order chi connectivity index (χ0) is 18.6. The molecule has 2 aromatic heterocycles. The third-order valence-corrected chi connectivity index (χ3v) is 5.60. The molecule has 27 heavy (non-hydrogen) atoms. The first-order valence-corrected chi connectivity index (χ1v) is 8.96. The smallest absolute Gasteiger partial charge is 0.341 e. The maximum Gasteiger partial charge on any atom is 0.341 e. The van der Waals surface area contributed by atoms with Gasteiger partial charge in [0.05, 0.1) is 17.4 Å². The van der Waals surface area contributed by atoms with Crippen molar-refractivity contribution >= 4 is 29.6 Å². The van der Waals surface area contributed by atoms with Gasteiger partial charge in [0.2, 0.25) is 0 Å². The number of carbonyl (C=O) groups is 1. The van der Waals surface area contributed by atoms with Crippen molar-refractivity contribution in [3.63, 3.8) is 0 Å². The number of carboxylic acids is 1. The van der Waals surface area contributed by atoms with Gasteiger partial charge in [-0.1, -0.05) is 0 Å². The molecule has 6 nitrogen and oxygen atoms in total. The van der Waals surface area contributed by atoms with Crippen molar-refractivity contribution in [2.24, 2.45) is 0 Å². The molecule has 8 heteroatoms. The van der Waals surface area contributed by atoms with Gasteiger partial charge in [0.15, 0.2) is 5.82 Å². The van der Waals surface area contributed by atoms with Crippen LogP contribution in [0.15, 0.2) is 17.1 Å². The lowest BCUT2D eigenvalue weighted by molar-refractivity contribution is 0.0694. The van der Waals surface area contributed by atoms with Crippen LogP contribution in [-0.4, -0.2) is 41.7 Å². The number of hydrogen-bond donors (Lipinski definition) is 2. The molecule has 2 aliphatic rings. The largest absolute Gasteiger partial charge is 0.477 e. The maximum absolute atomic E-state index is 15.0. The minimum atomic E-state index is -1.27. The summed E-state index contributed by atoms with van der Waals surface area (Å²) in [6, 6.07) is 1.80. The number of anilines is 1. The highest BCUT2D eigenvalue weighted by atomic mass is 35.5. The number of aromatic carboxylic acids is 1. The number of pyridine rings is 2. The van der Waals surface area contributed by atoms with Crippen LogP contribution in [0.5, 0.6) is 0 Å². The minimum absolute atomic E-state index is 0. The third kappa shape index (κ3) is 3.19. The maximum atomic E-state index is 15.0. The Morgan fingerprint density at radius 2 is 2.04 bits per heavy atom. The Hall–Kier alpha value is -2.12. The number of halogens is 2. The highest BCUT2D eigenvalue weighted by molar-refractivity contribution is 5.89. The standard InChI is InChI=1S/C19H22FN3O3.ClH/c1-10-16-13(11-3-4-11)7-14(19(25)26)18(24)23(16)9-15(20)17(10)22-6-5-12(8-22)21-2;/h7,9,11-12,21H,3-6,8H2,1-2H3,(H,25,26);1H. The molecule has 0 aromatic carbocycles. The first kappa shape index (κ1) is 19.6. The van der Waals surface area contributed by atoms with Crippen LogP contribution in [0.2, 0.25) is 0 Å². The van der Waals surface area contributed by atoms with E-state index in [0.717, 1.165) is 37.6 Å². The molecule has 3 heterocycles. The molecule has 1 saturated carbocycles. The predicted octanol–water partition coefficient (Wildman–Crippen LogP) is 2.54. The van der Waals surface area contributed by atoms with E-state index in [1.165, 1.54) is 10.5 Å². The van der Waals surface area contributed by atoms with Crippen LogP contribution in [-0.2, 0) is 0 Å². The van der Waals surface area contributed by atoms with Gasteiger partial charge in [0.1, 0.15) is 5.56 Å². The van der Waals surface area contributed by atoms with Crippen molar-refractivity contribution in [3.8, 4) is 0 Å². The zero-order valence-electron chi connectivity index (χ0n) is 15.3. The van der Waals surface area contributed by atoms with Gasteiger partial charge in [-0.25, -0.2) is 9.18 Å². The average molecular weight is 396 g/mol. The summed E-state index contributed by atoms with van der Waals surface area (Å²) >= 11 is 0. The molecule has 1 atom stereocenters. The number of aromatic nitrogens is 1. The number of nitrogens with one attached hydrogen (secondary N) is 1. The lowest BCUT2D eigenvalue weighted by Crippen LogP contribution is -2.31. The molecular formula is C19H23ClFN3O3. The Labute approximate surface area is 162 Å². The first-order valence-electron chi connectivity index (χ1n) is 8.96. The van der Waals surface area contributed by atoms with Gasteiger partial charge in [-0.3, -0.25) is 9.20 Å². The minimum Gasteiger partial charge on any atom is -0.477 e. The number of hydrogen-bond acceptors (Lipinski definition) is 4.